The number of benzene rings is 2. The van der Waals surface area contributed by atoms with Gasteiger partial charge in [-0.3, -0.25) is 20.2 Å². The second-order valence-corrected chi connectivity index (χ2v) is 6.97. The maximum atomic E-state index is 11.6. The van der Waals surface area contributed by atoms with Crippen LogP contribution in [-0.2, 0) is 25.6 Å². The summed E-state index contributed by atoms with van der Waals surface area (Å²) in [6.07, 6.45) is -0.511. The van der Waals surface area contributed by atoms with Crippen molar-refractivity contribution in [3.05, 3.63) is 74.3 Å². The van der Waals surface area contributed by atoms with E-state index in [-0.39, 0.29) is 36.8 Å². The van der Waals surface area contributed by atoms with E-state index in [1.54, 1.807) is 0 Å². The van der Waals surface area contributed by atoms with Crippen LogP contribution in [0, 0.1) is 20.2 Å². The zero-order valence-corrected chi connectivity index (χ0v) is 19.1. The van der Waals surface area contributed by atoms with Crippen molar-refractivity contribution >= 4 is 23.2 Å². The van der Waals surface area contributed by atoms with Gasteiger partial charge in [0.2, 0.25) is 0 Å². The molecular formula is C22H28N4O9. The number of rotatable bonds is 17. The van der Waals surface area contributed by atoms with E-state index in [1.807, 2.05) is 30.3 Å². The minimum Gasteiger partial charge on any atom is -0.445 e. The number of anilines is 1. The fourth-order valence-corrected chi connectivity index (χ4v) is 2.73. The van der Waals surface area contributed by atoms with Crippen molar-refractivity contribution in [3.8, 4) is 0 Å². The molecule has 0 aliphatic heterocycles. The molecule has 0 atom stereocenters. The maximum absolute atomic E-state index is 11.6. The van der Waals surface area contributed by atoms with Crippen molar-refractivity contribution in [2.45, 2.75) is 6.61 Å². The Hall–Kier alpha value is -3.81. The Morgan fingerprint density at radius 3 is 2.06 bits per heavy atom. The highest BCUT2D eigenvalue weighted by Gasteiger charge is 2.18. The van der Waals surface area contributed by atoms with Crippen molar-refractivity contribution in [2.75, 3.05) is 58.0 Å². The number of amides is 1. The van der Waals surface area contributed by atoms with Gasteiger partial charge in [0.1, 0.15) is 12.3 Å². The van der Waals surface area contributed by atoms with Gasteiger partial charge in [-0.15, -0.1) is 0 Å². The molecule has 2 aromatic carbocycles. The number of alkyl carbamates (subject to hydrolysis) is 1. The van der Waals surface area contributed by atoms with Crippen molar-refractivity contribution < 1.29 is 33.6 Å². The lowest BCUT2D eigenvalue weighted by Gasteiger charge is -2.09. The van der Waals surface area contributed by atoms with E-state index in [9.17, 15) is 25.0 Å². The number of nitro benzene ring substituents is 2. The van der Waals surface area contributed by atoms with E-state index < -0.39 is 15.9 Å². The average molecular weight is 492 g/mol. The largest absolute Gasteiger partial charge is 0.445 e. The molecule has 0 unspecified atom stereocenters. The zero-order valence-electron chi connectivity index (χ0n) is 19.1. The van der Waals surface area contributed by atoms with Crippen LogP contribution in [0.3, 0.4) is 0 Å². The summed E-state index contributed by atoms with van der Waals surface area (Å²) in [5.41, 5.74) is 0.361. The SMILES string of the molecule is O=C(NCCOCCOCCOCCNc1ccc([N+](=O)[O-])cc1[N+](=O)[O-])OCc1ccccc1. The van der Waals surface area contributed by atoms with E-state index in [4.69, 9.17) is 18.9 Å². The molecule has 2 rings (SSSR count). The van der Waals surface area contributed by atoms with E-state index in [0.717, 1.165) is 11.6 Å². The average Bonchev–Trinajstić information content (AvgIpc) is 2.86. The number of nitrogens with zero attached hydrogens (tertiary/aromatic N) is 2. The summed E-state index contributed by atoms with van der Waals surface area (Å²) in [6, 6.07) is 12.8. The van der Waals surface area contributed by atoms with Crippen LogP contribution in [0.1, 0.15) is 5.56 Å². The van der Waals surface area contributed by atoms with Crippen molar-refractivity contribution in [3.63, 3.8) is 0 Å². The van der Waals surface area contributed by atoms with E-state index in [1.165, 1.54) is 12.1 Å². The van der Waals surface area contributed by atoms with E-state index >= 15 is 0 Å². The monoisotopic (exact) mass is 492 g/mol. The Kier molecular flexibility index (Phi) is 12.5. The second kappa shape index (κ2) is 15.9. The van der Waals surface area contributed by atoms with E-state index in [2.05, 4.69) is 10.6 Å². The Bertz CT molecular complexity index is 944. The summed E-state index contributed by atoms with van der Waals surface area (Å²) in [4.78, 5) is 32.0. The van der Waals surface area contributed by atoms with Crippen molar-refractivity contribution in [1.29, 1.82) is 0 Å². The summed E-state index contributed by atoms with van der Waals surface area (Å²) >= 11 is 0. The van der Waals surface area contributed by atoms with Gasteiger partial charge in [0.25, 0.3) is 11.4 Å². The first-order valence-electron chi connectivity index (χ1n) is 10.8. The molecule has 190 valence electrons. The highest BCUT2D eigenvalue weighted by atomic mass is 16.6. The Balaban J connectivity index is 1.42. The number of non-ortho nitro benzene ring substituents is 1. The Morgan fingerprint density at radius 2 is 1.43 bits per heavy atom. The third kappa shape index (κ3) is 11.2. The lowest BCUT2D eigenvalue weighted by atomic mass is 10.2. The predicted octanol–water partition coefficient (Wildman–Crippen LogP) is 2.89. The van der Waals surface area contributed by atoms with Crippen LogP contribution in [0.2, 0.25) is 0 Å². The number of hydrogen-bond donors (Lipinski definition) is 2. The van der Waals surface area contributed by atoms with Crippen molar-refractivity contribution in [1.82, 2.24) is 5.32 Å². The second-order valence-electron chi connectivity index (χ2n) is 6.97. The van der Waals surface area contributed by atoms with Gasteiger partial charge in [-0.05, 0) is 11.6 Å². The summed E-state index contributed by atoms with van der Waals surface area (Å²) in [6.45, 7) is 2.75. The lowest BCUT2D eigenvalue weighted by molar-refractivity contribution is -0.393. The van der Waals surface area contributed by atoms with Crippen LogP contribution < -0.4 is 10.6 Å². The molecule has 2 N–H and O–H groups in total. The molecule has 2 aromatic rings. The van der Waals surface area contributed by atoms with Crippen LogP contribution in [0.15, 0.2) is 48.5 Å². The number of ether oxygens (including phenoxy) is 4. The smallest absolute Gasteiger partial charge is 0.407 e. The standard InChI is InChI=1S/C22H28N4O9/c27-22(35-17-18-4-2-1-3-5-18)24-9-11-33-13-15-34-14-12-32-10-8-23-20-7-6-19(25(28)29)16-21(20)26(30)31/h1-7,16,23H,8-15,17H2,(H,24,27). The quantitative estimate of drug-likeness (QED) is 0.190. The molecule has 0 saturated carbocycles. The molecule has 0 saturated heterocycles. The molecule has 0 fully saturated rings. The molecule has 0 aliphatic rings. The molecule has 0 bridgehead atoms. The van der Waals surface area contributed by atoms with Gasteiger partial charge in [-0.2, -0.15) is 0 Å². The van der Waals surface area contributed by atoms with Gasteiger partial charge >= 0.3 is 6.09 Å². The van der Waals surface area contributed by atoms with Gasteiger partial charge < -0.3 is 29.6 Å². The Labute approximate surface area is 201 Å². The molecule has 0 aliphatic carbocycles. The molecule has 0 spiro atoms. The molecule has 13 nitrogen and oxygen atoms in total. The highest BCUT2D eigenvalue weighted by molar-refractivity contribution is 5.67. The minimum absolute atomic E-state index is 0.177. The van der Waals surface area contributed by atoms with Gasteiger partial charge in [0.15, 0.2) is 0 Å². The molecule has 13 heteroatoms. The van der Waals surface area contributed by atoms with Gasteiger partial charge in [-0.1, -0.05) is 30.3 Å². The van der Waals surface area contributed by atoms with Gasteiger partial charge in [0.05, 0.1) is 55.6 Å². The molecule has 35 heavy (non-hydrogen) atoms. The molecular weight excluding hydrogens is 464 g/mol. The molecule has 0 aromatic heterocycles. The highest BCUT2D eigenvalue weighted by Crippen LogP contribution is 2.28. The number of hydrogen-bond acceptors (Lipinski definition) is 10. The fourth-order valence-electron chi connectivity index (χ4n) is 2.73. The van der Waals surface area contributed by atoms with E-state index in [0.29, 0.717) is 39.6 Å². The lowest BCUT2D eigenvalue weighted by Crippen LogP contribution is -2.28. The zero-order chi connectivity index (χ0) is 25.3. The summed E-state index contributed by atoms with van der Waals surface area (Å²) in [7, 11) is 0. The van der Waals surface area contributed by atoms with Crippen LogP contribution in [0.4, 0.5) is 21.9 Å². The van der Waals surface area contributed by atoms with Crippen LogP contribution in [0.25, 0.3) is 0 Å². The maximum Gasteiger partial charge on any atom is 0.407 e. The molecule has 1 amide bonds. The van der Waals surface area contributed by atoms with Crippen LogP contribution in [-0.4, -0.2) is 68.7 Å². The van der Waals surface area contributed by atoms with Gasteiger partial charge in [0, 0.05) is 19.2 Å². The number of nitrogens with one attached hydrogen (secondary N) is 2. The first-order chi connectivity index (χ1) is 17.0. The number of carbonyl (C=O) groups excluding carboxylic acids is 1. The first-order valence-corrected chi connectivity index (χ1v) is 10.8. The molecule has 0 radical (unpaired) electrons. The first kappa shape index (κ1) is 27.4. The Morgan fingerprint density at radius 1 is 0.800 bits per heavy atom. The third-order valence-corrected chi connectivity index (χ3v) is 4.42. The normalized spacial score (nSPS) is 10.5. The minimum atomic E-state index is -0.688. The van der Waals surface area contributed by atoms with Gasteiger partial charge in [-0.25, -0.2) is 4.79 Å². The topological polar surface area (TPSA) is 164 Å². The predicted molar refractivity (Wildman–Crippen MR) is 125 cm³/mol. The number of carbonyl (C=O) groups is 1. The summed E-state index contributed by atoms with van der Waals surface area (Å²) in [5.74, 6) is 0. The van der Waals surface area contributed by atoms with Crippen LogP contribution in [0.5, 0.6) is 0 Å². The fraction of sp³-hybridized carbons (Fsp3) is 0.409. The van der Waals surface area contributed by atoms with Crippen LogP contribution >= 0.6 is 0 Å². The summed E-state index contributed by atoms with van der Waals surface area (Å²) < 4.78 is 21.2. The summed E-state index contributed by atoms with van der Waals surface area (Å²) in [5, 5.41) is 27.3. The molecule has 0 heterocycles. The number of nitro groups is 2. The van der Waals surface area contributed by atoms with Crippen molar-refractivity contribution in [2.24, 2.45) is 0 Å². The third-order valence-electron chi connectivity index (χ3n) is 4.42.